The molecule has 7 heteroatoms. The summed E-state index contributed by atoms with van der Waals surface area (Å²) < 4.78 is 37.1. The van der Waals surface area contributed by atoms with Crippen molar-refractivity contribution in [3.05, 3.63) is 193 Å². The van der Waals surface area contributed by atoms with Crippen LogP contribution in [0.3, 0.4) is 0 Å². The molecule has 0 aliphatic rings. The van der Waals surface area contributed by atoms with Crippen LogP contribution in [0.5, 0.6) is 0 Å². The van der Waals surface area contributed by atoms with Gasteiger partial charge in [0.25, 0.3) is 0 Å². The first-order valence-corrected chi connectivity index (χ1v) is 20.9. The fraction of sp³-hybridized carbons (Fsp3) is 0.125. The maximum atomic E-state index is 7.23. The Morgan fingerprint density at radius 2 is 1.32 bits per heavy atom. The number of pyridine rings is 1. The predicted octanol–water partition coefficient (Wildman–Crippen LogP) is 15.0. The molecule has 4 heterocycles. The van der Waals surface area contributed by atoms with Crippen molar-refractivity contribution in [3.8, 4) is 50.9 Å². The Bertz CT molecular complexity index is 3440. The number of rotatable bonds is 7. The molecule has 11 aromatic rings. The molecule has 0 unspecified atom stereocenters. The van der Waals surface area contributed by atoms with E-state index in [0.29, 0.717) is 22.6 Å². The van der Waals surface area contributed by atoms with E-state index in [1.165, 1.54) is 34.1 Å². The van der Waals surface area contributed by atoms with Crippen molar-refractivity contribution in [1.29, 1.82) is 0 Å². The first-order chi connectivity index (χ1) is 31.5. The minimum atomic E-state index is -2.09. The van der Waals surface area contributed by atoms with E-state index in [2.05, 4.69) is 122 Å². The maximum absolute atomic E-state index is 7.23. The van der Waals surface area contributed by atoms with Gasteiger partial charge in [-0.1, -0.05) is 111 Å². The fourth-order valence-corrected chi connectivity index (χ4v) is 8.20. The van der Waals surface area contributed by atoms with E-state index >= 15 is 0 Å². The topological polar surface area (TPSA) is 69.9 Å². The Morgan fingerprint density at radius 3 is 2.00 bits per heavy atom. The maximum Gasteiger partial charge on any atom is 0.227 e. The third-order valence-electron chi connectivity index (χ3n) is 11.3. The number of nitrogens with zero attached hydrogens (tertiary/aromatic N) is 4. The molecule has 0 bridgehead atoms. The van der Waals surface area contributed by atoms with E-state index in [0.717, 1.165) is 55.6 Å². The van der Waals surface area contributed by atoms with Gasteiger partial charge in [-0.2, -0.15) is 0 Å². The van der Waals surface area contributed by atoms with Gasteiger partial charge in [0.1, 0.15) is 0 Å². The van der Waals surface area contributed by atoms with E-state index in [-0.39, 0.29) is 37.5 Å². The second kappa shape index (κ2) is 17.4. The Hall–Kier alpha value is -6.92. The van der Waals surface area contributed by atoms with Crippen LogP contribution in [0.2, 0.25) is 0 Å². The van der Waals surface area contributed by atoms with Gasteiger partial charge in [0.2, 0.25) is 5.89 Å². The number of benzene rings is 7. The van der Waals surface area contributed by atoms with E-state index in [1.807, 2.05) is 66.7 Å². The summed E-state index contributed by atoms with van der Waals surface area (Å²) in [7, 11) is 0. The Kier molecular flexibility index (Phi) is 10.5. The number of para-hydroxylation sites is 2. The summed E-state index contributed by atoms with van der Waals surface area (Å²) in [6.45, 7) is 7.00. The number of aromatic nitrogens is 4. The minimum Gasteiger partial charge on any atom is -0.498 e. The number of fused-ring (bicyclic) bond motifs is 6. The molecule has 0 fully saturated rings. The van der Waals surface area contributed by atoms with Crippen LogP contribution in [0.4, 0.5) is 0 Å². The van der Waals surface area contributed by atoms with Crippen LogP contribution in [0.25, 0.3) is 95.0 Å². The molecule has 1 radical (unpaired) electrons. The molecule has 4 aromatic heterocycles. The number of imidazole rings is 1. The molecule has 6 nitrogen and oxygen atoms in total. The van der Waals surface area contributed by atoms with E-state index < -0.39 is 6.85 Å². The van der Waals surface area contributed by atoms with Gasteiger partial charge in [0.15, 0.2) is 16.7 Å². The number of oxazole rings is 1. The molecule has 0 amide bonds. The van der Waals surface area contributed by atoms with Crippen LogP contribution in [-0.4, -0.2) is 19.5 Å². The summed E-state index contributed by atoms with van der Waals surface area (Å²) in [6.07, 6.45) is 1.39. The quantitative estimate of drug-likeness (QED) is 0.149. The van der Waals surface area contributed by atoms with Crippen LogP contribution in [0, 0.1) is 19.0 Å². The average molecular weight is 1000 g/mol. The van der Waals surface area contributed by atoms with Gasteiger partial charge < -0.3 is 18.4 Å². The summed E-state index contributed by atoms with van der Waals surface area (Å²) in [4.78, 5) is 14.3. The fourth-order valence-electron chi connectivity index (χ4n) is 8.20. The van der Waals surface area contributed by atoms with Crippen LogP contribution in [0.1, 0.15) is 60.3 Å². The van der Waals surface area contributed by atoms with Crippen LogP contribution in [-0.2, 0) is 20.1 Å². The summed E-state index contributed by atoms with van der Waals surface area (Å²) in [5.41, 5.74) is 14.5. The van der Waals surface area contributed by atoms with Crippen molar-refractivity contribution < 1.29 is 33.1 Å². The number of hydrogen-bond acceptors (Lipinski definition) is 5. The average Bonchev–Trinajstić information content (AvgIpc) is 4.06. The Balaban J connectivity index is 0.000000273. The van der Waals surface area contributed by atoms with Crippen LogP contribution >= 0.6 is 0 Å². The molecule has 0 atom stereocenters. The van der Waals surface area contributed by atoms with Gasteiger partial charge in [-0.25, -0.2) is 4.98 Å². The molecule has 7 aromatic carbocycles. The zero-order valence-electron chi connectivity index (χ0n) is 38.2. The molecule has 0 spiro atoms. The zero-order valence-corrected chi connectivity index (χ0v) is 37.6. The molecule has 0 aliphatic heterocycles. The van der Waals surface area contributed by atoms with Gasteiger partial charge in [-0.3, -0.25) is 4.98 Å². The number of hydrogen-bond donors (Lipinski definition) is 0. The van der Waals surface area contributed by atoms with E-state index in [4.69, 9.17) is 22.9 Å². The zero-order chi connectivity index (χ0) is 44.8. The molecule has 11 rings (SSSR count). The molecular weight excluding hydrogens is 953 g/mol. The smallest absolute Gasteiger partial charge is 0.227 e. The second-order valence-electron chi connectivity index (χ2n) is 16.0. The predicted molar refractivity (Wildman–Crippen MR) is 252 cm³/mol. The molecular formula is C56H44IrN4O2-2. The standard InChI is InChI=1S/C44H34N3O2.C12H10N.Ir/c1-26(2)34-24-30(28-14-7-5-8-15-28)25-35(27(3)4)40(34)47-37-21-12-11-20-36(37)45-43(47)33-19-13-18-31-32-22-23-38-39(42(32)49-41(31)33)46-44(48-38)29-16-9-6-10-17-29;1-10-7-8-12(13-9-10)11-5-3-2-4-6-11;/h5-18,20-27H,1-4H3;2-5,7-9H,1H3;/q2*-1;/i;1D3;. The Morgan fingerprint density at radius 1 is 0.619 bits per heavy atom. The van der Waals surface area contributed by atoms with E-state index in [1.54, 1.807) is 18.2 Å². The number of aryl methyl sites for hydroxylation is 1. The van der Waals surface area contributed by atoms with Crippen molar-refractivity contribution >= 4 is 44.1 Å². The van der Waals surface area contributed by atoms with Crippen molar-refractivity contribution in [2.75, 3.05) is 0 Å². The van der Waals surface area contributed by atoms with Crippen molar-refractivity contribution in [2.24, 2.45) is 0 Å². The first kappa shape index (κ1) is 37.8. The minimum absolute atomic E-state index is 0. The molecule has 0 saturated heterocycles. The van der Waals surface area contributed by atoms with Crippen molar-refractivity contribution in [1.82, 2.24) is 19.5 Å². The SMILES string of the molecule is CC(C)c1cc(-c2ccccc2)cc(C(C)C)c1-n1c(-c2[c-]ccc3c2oc2c3ccc3oc(-c4ccccc4)nc32)nc2ccccc21.[2H]C([2H])([2H])c1ccc(-c2[c-]cccc2)nc1.[Ir]. The summed E-state index contributed by atoms with van der Waals surface area (Å²) >= 11 is 0. The number of furan rings is 1. The van der Waals surface area contributed by atoms with Crippen LogP contribution in [0.15, 0.2) is 173 Å². The van der Waals surface area contributed by atoms with Crippen molar-refractivity contribution in [2.45, 2.75) is 46.4 Å². The van der Waals surface area contributed by atoms with Gasteiger partial charge >= 0.3 is 0 Å². The molecule has 0 aliphatic carbocycles. The molecule has 0 N–H and O–H groups in total. The molecule has 63 heavy (non-hydrogen) atoms. The Labute approximate surface area is 384 Å². The largest absolute Gasteiger partial charge is 0.498 e. The van der Waals surface area contributed by atoms with E-state index in [9.17, 15) is 0 Å². The summed E-state index contributed by atoms with van der Waals surface area (Å²) in [5.74, 6) is 1.88. The monoisotopic (exact) mass is 1000 g/mol. The third-order valence-corrected chi connectivity index (χ3v) is 11.3. The van der Waals surface area contributed by atoms with Crippen molar-refractivity contribution in [3.63, 3.8) is 0 Å². The second-order valence-corrected chi connectivity index (χ2v) is 16.0. The van der Waals surface area contributed by atoms with Gasteiger partial charge in [-0.15, -0.1) is 54.1 Å². The van der Waals surface area contributed by atoms with Gasteiger partial charge in [-0.05, 0) is 101 Å². The third kappa shape index (κ3) is 7.80. The summed E-state index contributed by atoms with van der Waals surface area (Å²) in [6, 6.07) is 59.1. The summed E-state index contributed by atoms with van der Waals surface area (Å²) in [5, 5.41) is 1.97. The van der Waals surface area contributed by atoms with Gasteiger partial charge in [0.05, 0.1) is 22.4 Å². The normalized spacial score (nSPS) is 12.3. The van der Waals surface area contributed by atoms with Gasteiger partial charge in [0, 0.05) is 47.1 Å². The first-order valence-electron chi connectivity index (χ1n) is 22.4. The molecule has 0 saturated carbocycles. The molecule has 311 valence electrons. The van der Waals surface area contributed by atoms with Crippen LogP contribution < -0.4 is 0 Å².